The summed E-state index contributed by atoms with van der Waals surface area (Å²) in [5, 5.41) is 0. The number of rotatable bonds is 4. The van der Waals surface area contributed by atoms with Gasteiger partial charge >= 0.3 is 6.03 Å². The Kier molecular flexibility index (Phi) is 4.16. The maximum atomic E-state index is 12.7. The van der Waals surface area contributed by atoms with Crippen molar-refractivity contribution in [3.05, 3.63) is 0 Å². The van der Waals surface area contributed by atoms with Crippen LogP contribution in [0.25, 0.3) is 0 Å². The summed E-state index contributed by atoms with van der Waals surface area (Å²) >= 11 is 0. The fourth-order valence-corrected chi connectivity index (χ4v) is 5.60. The van der Waals surface area contributed by atoms with Crippen LogP contribution >= 0.6 is 0 Å². The molecule has 0 unspecified atom stereocenters. The van der Waals surface area contributed by atoms with E-state index in [9.17, 15) is 18.0 Å². The van der Waals surface area contributed by atoms with E-state index in [2.05, 4.69) is 0 Å². The summed E-state index contributed by atoms with van der Waals surface area (Å²) in [5.74, 6) is 0.0559. The largest absolute Gasteiger partial charge is 0.327 e. The van der Waals surface area contributed by atoms with Crippen molar-refractivity contribution in [2.45, 2.75) is 57.5 Å². The average Bonchev–Trinajstić information content (AvgIpc) is 2.97. The summed E-state index contributed by atoms with van der Waals surface area (Å²) in [5.41, 5.74) is -0.678. The number of nitrogens with zero attached hydrogens (tertiary/aromatic N) is 3. The normalized spacial score (nSPS) is 30.3. The van der Waals surface area contributed by atoms with Crippen molar-refractivity contribution >= 4 is 22.0 Å². The molecule has 23 heavy (non-hydrogen) atoms. The van der Waals surface area contributed by atoms with Gasteiger partial charge in [-0.2, -0.15) is 0 Å². The molecule has 3 amide bonds. The number of sulfonamides is 1. The molecule has 0 bridgehead atoms. The van der Waals surface area contributed by atoms with Crippen molar-refractivity contribution in [3.8, 4) is 0 Å². The Hall–Kier alpha value is -1.15. The summed E-state index contributed by atoms with van der Waals surface area (Å²) in [6, 6.07) is -0.365. The van der Waals surface area contributed by atoms with Crippen molar-refractivity contribution in [1.82, 2.24) is 14.1 Å². The summed E-state index contributed by atoms with van der Waals surface area (Å²) < 4.78 is 25.7. The fraction of sp³-hybridized carbons (Fsp3) is 0.867. The summed E-state index contributed by atoms with van der Waals surface area (Å²) in [7, 11) is -3.20. The van der Waals surface area contributed by atoms with Crippen LogP contribution in [0.3, 0.4) is 0 Å². The maximum absolute atomic E-state index is 12.7. The second-order valence-electron chi connectivity index (χ2n) is 6.93. The zero-order valence-corrected chi connectivity index (χ0v) is 14.6. The molecule has 0 N–H and O–H groups in total. The lowest BCUT2D eigenvalue weighted by Gasteiger charge is -2.35. The monoisotopic (exact) mass is 343 g/mol. The highest BCUT2D eigenvalue weighted by atomic mass is 32.2. The summed E-state index contributed by atoms with van der Waals surface area (Å²) in [4.78, 5) is 28.4. The first-order chi connectivity index (χ1) is 10.8. The predicted octanol–water partition coefficient (Wildman–Crippen LogP) is 1.01. The van der Waals surface area contributed by atoms with Crippen molar-refractivity contribution in [1.29, 1.82) is 0 Å². The van der Waals surface area contributed by atoms with Crippen LogP contribution < -0.4 is 0 Å². The molecule has 3 heterocycles. The van der Waals surface area contributed by atoms with Gasteiger partial charge < -0.3 is 4.90 Å². The second kappa shape index (κ2) is 5.73. The Labute approximate surface area is 137 Å². The highest BCUT2D eigenvalue weighted by Gasteiger charge is 2.58. The van der Waals surface area contributed by atoms with Gasteiger partial charge in [-0.15, -0.1) is 0 Å². The highest BCUT2D eigenvalue weighted by molar-refractivity contribution is 7.89. The third-order valence-corrected chi connectivity index (χ3v) is 7.48. The molecule has 1 atom stereocenters. The van der Waals surface area contributed by atoms with Gasteiger partial charge in [0.05, 0.1) is 5.75 Å². The van der Waals surface area contributed by atoms with Crippen molar-refractivity contribution in [3.63, 3.8) is 0 Å². The van der Waals surface area contributed by atoms with E-state index in [-0.39, 0.29) is 23.7 Å². The molecule has 0 aromatic heterocycles. The van der Waals surface area contributed by atoms with E-state index in [1.807, 2.05) is 13.8 Å². The molecule has 7 nitrogen and oxygen atoms in total. The molecular weight excluding hydrogens is 318 g/mol. The van der Waals surface area contributed by atoms with Gasteiger partial charge in [0.15, 0.2) is 0 Å². The number of urea groups is 1. The Morgan fingerprint density at radius 2 is 1.83 bits per heavy atom. The summed E-state index contributed by atoms with van der Waals surface area (Å²) in [6.45, 7) is 5.11. The number of carbonyl (C=O) groups is 2. The van der Waals surface area contributed by atoms with Crippen molar-refractivity contribution < 1.29 is 18.0 Å². The lowest BCUT2D eigenvalue weighted by Crippen LogP contribution is -2.50. The van der Waals surface area contributed by atoms with E-state index >= 15 is 0 Å². The lowest BCUT2D eigenvalue weighted by atomic mass is 9.97. The first kappa shape index (κ1) is 16.7. The molecule has 0 aromatic carbocycles. The van der Waals surface area contributed by atoms with Gasteiger partial charge in [0, 0.05) is 25.7 Å². The molecule has 0 spiro atoms. The van der Waals surface area contributed by atoms with E-state index in [0.29, 0.717) is 38.9 Å². The molecule has 130 valence electrons. The van der Waals surface area contributed by atoms with Crippen LogP contribution in [0.5, 0.6) is 0 Å². The molecule has 0 aliphatic carbocycles. The average molecular weight is 343 g/mol. The Balaban J connectivity index is 1.69. The molecule has 3 aliphatic rings. The Morgan fingerprint density at radius 1 is 1.17 bits per heavy atom. The number of hydrogen-bond acceptors (Lipinski definition) is 4. The number of piperidine rings is 1. The third-order valence-electron chi connectivity index (χ3n) is 5.40. The van der Waals surface area contributed by atoms with E-state index in [1.54, 1.807) is 4.90 Å². The Morgan fingerprint density at radius 3 is 2.39 bits per heavy atom. The van der Waals surface area contributed by atoms with E-state index in [1.165, 1.54) is 9.21 Å². The van der Waals surface area contributed by atoms with Gasteiger partial charge in [-0.3, -0.25) is 9.69 Å². The quantitative estimate of drug-likeness (QED) is 0.714. The van der Waals surface area contributed by atoms with E-state index in [0.717, 1.165) is 12.8 Å². The van der Waals surface area contributed by atoms with E-state index < -0.39 is 15.6 Å². The molecule has 0 saturated carbocycles. The van der Waals surface area contributed by atoms with Crippen molar-refractivity contribution in [2.24, 2.45) is 0 Å². The molecule has 3 rings (SSSR count). The topological polar surface area (TPSA) is 78.0 Å². The number of fused-ring (bicyclic) bond motifs is 1. The fourth-order valence-electron chi connectivity index (χ4n) is 4.06. The minimum absolute atomic E-state index is 0.102. The molecular formula is C15H25N3O4S. The second-order valence-corrected chi connectivity index (χ2v) is 9.02. The third kappa shape index (κ3) is 2.55. The van der Waals surface area contributed by atoms with Crippen LogP contribution in [0.4, 0.5) is 4.79 Å². The molecule has 8 heteroatoms. The van der Waals surface area contributed by atoms with Gasteiger partial charge in [-0.25, -0.2) is 17.5 Å². The molecule has 3 aliphatic heterocycles. The number of amides is 3. The predicted molar refractivity (Wildman–Crippen MR) is 85.3 cm³/mol. The lowest BCUT2D eigenvalue weighted by molar-refractivity contribution is -0.133. The van der Waals surface area contributed by atoms with Gasteiger partial charge in [0.25, 0.3) is 5.91 Å². The highest BCUT2D eigenvalue weighted by Crippen LogP contribution is 2.39. The standard InChI is InChI=1S/C15H25N3O4S/c1-3-11-23(21,22)16-9-5-12(6-10-16)18-13(19)15(2)7-4-8-17(15)14(18)20/h12H,3-11H2,1-2H3/t15-/m0/s1. The van der Waals surface area contributed by atoms with Crippen LogP contribution in [0.1, 0.15) is 46.0 Å². The molecule has 3 fully saturated rings. The smallest absolute Gasteiger partial charge is 0.310 e. The van der Waals surface area contributed by atoms with Crippen molar-refractivity contribution in [2.75, 3.05) is 25.4 Å². The van der Waals surface area contributed by atoms with Gasteiger partial charge in [-0.1, -0.05) is 6.92 Å². The Bertz CT molecular complexity index is 612. The molecule has 3 saturated heterocycles. The number of imide groups is 1. The van der Waals surface area contributed by atoms with Gasteiger partial charge in [0.2, 0.25) is 10.0 Å². The van der Waals surface area contributed by atoms with Crippen LogP contribution in [0.15, 0.2) is 0 Å². The SMILES string of the molecule is CCCS(=O)(=O)N1CCC(N2C(=O)N3CCC[C@@]3(C)C2=O)CC1. The van der Waals surface area contributed by atoms with Gasteiger partial charge in [0.1, 0.15) is 5.54 Å². The minimum atomic E-state index is -3.20. The summed E-state index contributed by atoms with van der Waals surface area (Å²) in [6.07, 6.45) is 3.25. The molecule has 0 aromatic rings. The van der Waals surface area contributed by atoms with E-state index in [4.69, 9.17) is 0 Å². The first-order valence-electron chi connectivity index (χ1n) is 8.44. The van der Waals surface area contributed by atoms with Crippen LogP contribution in [0.2, 0.25) is 0 Å². The van der Waals surface area contributed by atoms with Crippen LogP contribution in [0, 0.1) is 0 Å². The molecule has 0 radical (unpaired) electrons. The zero-order valence-electron chi connectivity index (χ0n) is 13.8. The van der Waals surface area contributed by atoms with Crippen LogP contribution in [-0.4, -0.2) is 71.4 Å². The van der Waals surface area contributed by atoms with Gasteiger partial charge in [-0.05, 0) is 39.0 Å². The van der Waals surface area contributed by atoms with Crippen LogP contribution in [-0.2, 0) is 14.8 Å². The minimum Gasteiger partial charge on any atom is -0.310 e. The maximum Gasteiger partial charge on any atom is 0.327 e. The zero-order chi connectivity index (χ0) is 16.8. The number of hydrogen-bond donors (Lipinski definition) is 0. The first-order valence-corrected chi connectivity index (χ1v) is 10.1. The number of carbonyl (C=O) groups excluding carboxylic acids is 2.